The summed E-state index contributed by atoms with van der Waals surface area (Å²) in [6.45, 7) is 2.90. The molecule has 2 rings (SSSR count). The van der Waals surface area contributed by atoms with Gasteiger partial charge in [-0.2, -0.15) is 4.37 Å². The fraction of sp³-hybridized carbons (Fsp3) is 0.308. The van der Waals surface area contributed by atoms with Crippen LogP contribution in [-0.4, -0.2) is 28.4 Å². The van der Waals surface area contributed by atoms with Gasteiger partial charge in [0, 0.05) is 24.5 Å². The van der Waals surface area contributed by atoms with E-state index in [4.69, 9.17) is 5.73 Å². The fourth-order valence-corrected chi connectivity index (χ4v) is 2.43. The number of carbonyl (C=O) groups excluding carboxylic acids is 1. The van der Waals surface area contributed by atoms with E-state index < -0.39 is 0 Å². The number of pyridine rings is 1. The molecule has 2 aromatic heterocycles. The molecule has 0 spiro atoms. The van der Waals surface area contributed by atoms with Gasteiger partial charge in [-0.1, -0.05) is 13.0 Å². The molecule has 0 fully saturated rings. The van der Waals surface area contributed by atoms with E-state index in [9.17, 15) is 4.79 Å². The Morgan fingerprint density at radius 3 is 3.05 bits per heavy atom. The van der Waals surface area contributed by atoms with Gasteiger partial charge >= 0.3 is 0 Å². The third-order valence-corrected chi connectivity index (χ3v) is 3.47. The Bertz CT molecular complexity index is 569. The summed E-state index contributed by atoms with van der Waals surface area (Å²) in [6, 6.07) is 3.75. The zero-order valence-electron chi connectivity index (χ0n) is 11.2. The number of amides is 1. The number of nitrogens with zero attached hydrogens (tertiary/aromatic N) is 2. The lowest BCUT2D eigenvalue weighted by atomic mass is 10.1. The quantitative estimate of drug-likeness (QED) is 0.753. The Labute approximate surface area is 121 Å². The molecule has 0 unspecified atom stereocenters. The van der Waals surface area contributed by atoms with Crippen LogP contribution in [0.2, 0.25) is 0 Å². The van der Waals surface area contributed by atoms with Gasteiger partial charge in [0.2, 0.25) is 5.91 Å². The Hall–Kier alpha value is -2.15. The minimum atomic E-state index is -0.0454. The van der Waals surface area contributed by atoms with Crippen LogP contribution in [0.25, 0.3) is 11.1 Å². The summed E-state index contributed by atoms with van der Waals surface area (Å²) >= 11 is 1.24. The van der Waals surface area contributed by atoms with Crippen LogP contribution in [0.3, 0.4) is 0 Å². The van der Waals surface area contributed by atoms with Gasteiger partial charge in [-0.05, 0) is 24.0 Å². The van der Waals surface area contributed by atoms with E-state index in [0.29, 0.717) is 12.4 Å². The molecule has 1 amide bonds. The van der Waals surface area contributed by atoms with Crippen LogP contribution < -0.4 is 16.4 Å². The Kier molecular flexibility index (Phi) is 4.89. The second-order valence-electron chi connectivity index (χ2n) is 4.22. The lowest BCUT2D eigenvalue weighted by Gasteiger charge is -2.07. The molecule has 0 aliphatic rings. The van der Waals surface area contributed by atoms with Crippen molar-refractivity contribution in [3.05, 3.63) is 24.5 Å². The standard InChI is InChI=1S/C13H17N5OS/c1-2-5-16-10(19)8-17-13-11(12(14)18-20-13)9-4-3-6-15-7-9/h3-4,6-7,17H,2,5,8H2,1H3,(H2,14,18)(H,16,19). The Balaban J connectivity index is 2.08. The average Bonchev–Trinajstić information content (AvgIpc) is 2.84. The van der Waals surface area contributed by atoms with E-state index in [1.165, 1.54) is 11.5 Å². The molecule has 0 bridgehead atoms. The van der Waals surface area contributed by atoms with Gasteiger partial charge in [0.15, 0.2) is 0 Å². The van der Waals surface area contributed by atoms with E-state index in [1.54, 1.807) is 12.4 Å². The number of anilines is 2. The van der Waals surface area contributed by atoms with Crippen molar-refractivity contribution in [1.29, 1.82) is 0 Å². The molecular formula is C13H17N5OS. The zero-order valence-corrected chi connectivity index (χ0v) is 12.0. The molecule has 4 N–H and O–H groups in total. The molecule has 0 aliphatic carbocycles. The predicted molar refractivity (Wildman–Crippen MR) is 81.5 cm³/mol. The van der Waals surface area contributed by atoms with Gasteiger partial charge < -0.3 is 16.4 Å². The number of rotatable bonds is 6. The molecule has 0 radical (unpaired) electrons. The molecular weight excluding hydrogens is 274 g/mol. The maximum Gasteiger partial charge on any atom is 0.239 e. The summed E-state index contributed by atoms with van der Waals surface area (Å²) in [5, 5.41) is 6.67. The van der Waals surface area contributed by atoms with Crippen molar-refractivity contribution in [3.63, 3.8) is 0 Å². The maximum atomic E-state index is 11.6. The van der Waals surface area contributed by atoms with Crippen LogP contribution in [0, 0.1) is 0 Å². The predicted octanol–water partition coefficient (Wildman–Crippen LogP) is 1.73. The van der Waals surface area contributed by atoms with Crippen molar-refractivity contribution in [2.45, 2.75) is 13.3 Å². The van der Waals surface area contributed by atoms with E-state index in [0.717, 1.165) is 22.5 Å². The van der Waals surface area contributed by atoms with Crippen molar-refractivity contribution in [3.8, 4) is 11.1 Å². The van der Waals surface area contributed by atoms with Crippen molar-refractivity contribution in [2.75, 3.05) is 24.1 Å². The first-order valence-electron chi connectivity index (χ1n) is 6.38. The van der Waals surface area contributed by atoms with Crippen molar-refractivity contribution >= 4 is 28.3 Å². The smallest absolute Gasteiger partial charge is 0.239 e. The summed E-state index contributed by atoms with van der Waals surface area (Å²) in [6.07, 6.45) is 4.34. The molecule has 0 saturated heterocycles. The third-order valence-electron chi connectivity index (χ3n) is 2.65. The summed E-state index contributed by atoms with van der Waals surface area (Å²) in [5.74, 6) is 0.399. The first-order chi connectivity index (χ1) is 9.72. The molecule has 0 aliphatic heterocycles. The second kappa shape index (κ2) is 6.85. The second-order valence-corrected chi connectivity index (χ2v) is 4.99. The topological polar surface area (TPSA) is 92.9 Å². The third kappa shape index (κ3) is 3.45. The molecule has 2 aromatic rings. The maximum absolute atomic E-state index is 11.6. The normalized spacial score (nSPS) is 10.2. The van der Waals surface area contributed by atoms with Crippen LogP contribution in [0.1, 0.15) is 13.3 Å². The number of nitrogen functional groups attached to an aromatic ring is 1. The SMILES string of the molecule is CCCNC(=O)CNc1snc(N)c1-c1cccnc1. The summed E-state index contributed by atoms with van der Waals surface area (Å²) in [5.41, 5.74) is 7.57. The van der Waals surface area contributed by atoms with Crippen LogP contribution in [-0.2, 0) is 4.79 Å². The fourth-order valence-electron chi connectivity index (χ4n) is 1.70. The van der Waals surface area contributed by atoms with Gasteiger partial charge in [0.1, 0.15) is 10.8 Å². The highest BCUT2D eigenvalue weighted by Gasteiger charge is 2.14. The summed E-state index contributed by atoms with van der Waals surface area (Å²) in [4.78, 5) is 15.7. The minimum absolute atomic E-state index is 0.0454. The van der Waals surface area contributed by atoms with Gasteiger partial charge in [-0.15, -0.1) is 0 Å². The summed E-state index contributed by atoms with van der Waals surface area (Å²) < 4.78 is 4.13. The van der Waals surface area contributed by atoms with E-state index in [1.807, 2.05) is 19.1 Å². The lowest BCUT2D eigenvalue weighted by Crippen LogP contribution is -2.30. The highest BCUT2D eigenvalue weighted by atomic mass is 32.1. The molecule has 0 atom stereocenters. The van der Waals surface area contributed by atoms with E-state index in [2.05, 4.69) is 20.0 Å². The number of aromatic nitrogens is 2. The van der Waals surface area contributed by atoms with Gasteiger partial charge in [0.05, 0.1) is 12.1 Å². The van der Waals surface area contributed by atoms with Crippen LogP contribution in [0.5, 0.6) is 0 Å². The first-order valence-corrected chi connectivity index (χ1v) is 7.15. The number of hydrogen-bond donors (Lipinski definition) is 3. The van der Waals surface area contributed by atoms with E-state index in [-0.39, 0.29) is 12.5 Å². The summed E-state index contributed by atoms with van der Waals surface area (Å²) in [7, 11) is 0. The highest BCUT2D eigenvalue weighted by Crippen LogP contribution is 2.35. The van der Waals surface area contributed by atoms with Crippen LogP contribution in [0.4, 0.5) is 10.8 Å². The highest BCUT2D eigenvalue weighted by molar-refractivity contribution is 7.11. The first kappa shape index (κ1) is 14.3. The molecule has 7 heteroatoms. The molecule has 0 aromatic carbocycles. The lowest BCUT2D eigenvalue weighted by molar-refractivity contribution is -0.119. The van der Waals surface area contributed by atoms with Crippen molar-refractivity contribution < 1.29 is 4.79 Å². The number of carbonyl (C=O) groups is 1. The largest absolute Gasteiger partial charge is 0.382 e. The van der Waals surface area contributed by atoms with Crippen LogP contribution in [0.15, 0.2) is 24.5 Å². The van der Waals surface area contributed by atoms with E-state index >= 15 is 0 Å². The van der Waals surface area contributed by atoms with Gasteiger partial charge in [-0.3, -0.25) is 9.78 Å². The number of nitrogens with two attached hydrogens (primary N) is 1. The zero-order chi connectivity index (χ0) is 14.4. The van der Waals surface area contributed by atoms with Crippen molar-refractivity contribution in [2.24, 2.45) is 0 Å². The van der Waals surface area contributed by atoms with Crippen LogP contribution >= 0.6 is 11.5 Å². The van der Waals surface area contributed by atoms with Gasteiger partial charge in [0.25, 0.3) is 0 Å². The Morgan fingerprint density at radius 1 is 1.50 bits per heavy atom. The number of nitrogens with one attached hydrogen (secondary N) is 2. The Morgan fingerprint density at radius 2 is 2.35 bits per heavy atom. The average molecular weight is 291 g/mol. The monoisotopic (exact) mass is 291 g/mol. The molecule has 106 valence electrons. The van der Waals surface area contributed by atoms with Gasteiger partial charge in [-0.25, -0.2) is 0 Å². The molecule has 2 heterocycles. The minimum Gasteiger partial charge on any atom is -0.382 e. The molecule has 20 heavy (non-hydrogen) atoms. The molecule has 6 nitrogen and oxygen atoms in total. The molecule has 0 saturated carbocycles. The number of hydrogen-bond acceptors (Lipinski definition) is 6. The van der Waals surface area contributed by atoms with Crippen molar-refractivity contribution in [1.82, 2.24) is 14.7 Å².